The van der Waals surface area contributed by atoms with Gasteiger partial charge in [0.25, 0.3) is 0 Å². The average molecular weight is 429 g/mol. The number of hydrogen-bond acceptors (Lipinski definition) is 6. The van der Waals surface area contributed by atoms with E-state index in [0.717, 1.165) is 16.7 Å². The van der Waals surface area contributed by atoms with E-state index in [9.17, 15) is 18.0 Å². The third-order valence-corrected chi connectivity index (χ3v) is 6.26. The standard InChI is InChI=1S/C22H23NO6S/c1-14-4-6-18(7-5-14)30(26,27)23-9-8-21(24)28-13-17-12-22(25)29-20-11-16(3)15(2)10-19(17)20/h4-7,10-12,23H,8-9,13H2,1-3H3. The van der Waals surface area contributed by atoms with Gasteiger partial charge >= 0.3 is 11.6 Å². The summed E-state index contributed by atoms with van der Waals surface area (Å²) in [6, 6.07) is 11.4. The quantitative estimate of drug-likeness (QED) is 0.457. The van der Waals surface area contributed by atoms with Crippen molar-refractivity contribution in [3.8, 4) is 0 Å². The van der Waals surface area contributed by atoms with E-state index in [0.29, 0.717) is 16.5 Å². The van der Waals surface area contributed by atoms with Gasteiger partial charge in [-0.05, 0) is 56.2 Å². The van der Waals surface area contributed by atoms with Crippen LogP contribution < -0.4 is 10.3 Å². The van der Waals surface area contributed by atoms with Gasteiger partial charge in [-0.1, -0.05) is 17.7 Å². The number of carbonyl (C=O) groups is 1. The smallest absolute Gasteiger partial charge is 0.336 e. The van der Waals surface area contributed by atoms with Crippen LogP contribution in [-0.4, -0.2) is 20.9 Å². The molecule has 0 unspecified atom stereocenters. The summed E-state index contributed by atoms with van der Waals surface area (Å²) in [6.45, 7) is 5.52. The predicted octanol–water partition coefficient (Wildman–Crippen LogP) is 3.13. The van der Waals surface area contributed by atoms with Crippen molar-refractivity contribution in [2.75, 3.05) is 6.54 Å². The fraction of sp³-hybridized carbons (Fsp3) is 0.273. The van der Waals surface area contributed by atoms with Gasteiger partial charge in [0.05, 0.1) is 11.3 Å². The molecular formula is C22H23NO6S. The number of carbonyl (C=O) groups excluding carboxylic acids is 1. The molecule has 158 valence electrons. The van der Waals surface area contributed by atoms with Crippen LogP contribution in [0, 0.1) is 20.8 Å². The van der Waals surface area contributed by atoms with Gasteiger partial charge in [0.2, 0.25) is 10.0 Å². The molecule has 0 atom stereocenters. The summed E-state index contributed by atoms with van der Waals surface area (Å²) in [5.74, 6) is -0.577. The molecule has 0 saturated carbocycles. The molecule has 0 radical (unpaired) electrons. The molecule has 1 heterocycles. The Balaban J connectivity index is 1.60. The van der Waals surface area contributed by atoms with E-state index >= 15 is 0 Å². The van der Waals surface area contributed by atoms with Crippen molar-refractivity contribution in [1.82, 2.24) is 4.72 Å². The summed E-state index contributed by atoms with van der Waals surface area (Å²) in [7, 11) is -3.69. The zero-order valence-corrected chi connectivity index (χ0v) is 17.8. The number of esters is 1. The summed E-state index contributed by atoms with van der Waals surface area (Å²) in [6.07, 6.45) is -0.136. The van der Waals surface area contributed by atoms with Gasteiger partial charge in [-0.15, -0.1) is 0 Å². The van der Waals surface area contributed by atoms with E-state index < -0.39 is 21.6 Å². The fourth-order valence-corrected chi connectivity index (χ4v) is 3.95. The molecule has 3 rings (SSSR count). The van der Waals surface area contributed by atoms with Gasteiger partial charge in [-0.3, -0.25) is 4.79 Å². The minimum atomic E-state index is -3.69. The first-order valence-corrected chi connectivity index (χ1v) is 10.9. The van der Waals surface area contributed by atoms with Crippen molar-refractivity contribution in [2.45, 2.75) is 38.7 Å². The summed E-state index contributed by atoms with van der Waals surface area (Å²) < 4.78 is 37.3. The lowest BCUT2D eigenvalue weighted by molar-refractivity contribution is -0.144. The van der Waals surface area contributed by atoms with Gasteiger partial charge in [0.1, 0.15) is 12.2 Å². The second kappa shape index (κ2) is 8.81. The first-order valence-electron chi connectivity index (χ1n) is 9.41. The van der Waals surface area contributed by atoms with Crippen LogP contribution in [0.2, 0.25) is 0 Å². The highest BCUT2D eigenvalue weighted by molar-refractivity contribution is 7.89. The Morgan fingerprint density at radius 2 is 1.70 bits per heavy atom. The minimum Gasteiger partial charge on any atom is -0.461 e. The molecule has 1 N–H and O–H groups in total. The van der Waals surface area contributed by atoms with E-state index in [2.05, 4.69) is 4.72 Å². The van der Waals surface area contributed by atoms with Crippen LogP contribution >= 0.6 is 0 Å². The maximum Gasteiger partial charge on any atom is 0.336 e. The molecule has 8 heteroatoms. The van der Waals surface area contributed by atoms with Gasteiger partial charge in [-0.2, -0.15) is 0 Å². The van der Waals surface area contributed by atoms with Gasteiger partial charge < -0.3 is 9.15 Å². The number of nitrogens with one attached hydrogen (secondary N) is 1. The van der Waals surface area contributed by atoms with Crippen molar-refractivity contribution < 1.29 is 22.4 Å². The van der Waals surface area contributed by atoms with E-state index in [4.69, 9.17) is 9.15 Å². The number of ether oxygens (including phenoxy) is 1. The summed E-state index contributed by atoms with van der Waals surface area (Å²) >= 11 is 0. The Hall–Kier alpha value is -2.97. The molecule has 2 aromatic carbocycles. The Labute approximate surface area is 174 Å². The van der Waals surface area contributed by atoms with Crippen LogP contribution in [0.5, 0.6) is 0 Å². The second-order valence-electron chi connectivity index (χ2n) is 7.14. The number of hydrogen-bond donors (Lipinski definition) is 1. The Kier molecular flexibility index (Phi) is 6.38. The average Bonchev–Trinajstić information content (AvgIpc) is 2.67. The lowest BCUT2D eigenvalue weighted by atomic mass is 10.0. The van der Waals surface area contributed by atoms with Crippen molar-refractivity contribution in [3.63, 3.8) is 0 Å². The lowest BCUT2D eigenvalue weighted by Crippen LogP contribution is -2.26. The molecule has 0 bridgehead atoms. The molecule has 0 amide bonds. The fourth-order valence-electron chi connectivity index (χ4n) is 2.92. The van der Waals surface area contributed by atoms with E-state index in [-0.39, 0.29) is 24.5 Å². The van der Waals surface area contributed by atoms with Crippen LogP contribution in [0.3, 0.4) is 0 Å². The van der Waals surface area contributed by atoms with Gasteiger partial charge in [0.15, 0.2) is 0 Å². The third-order valence-electron chi connectivity index (χ3n) is 4.79. The Morgan fingerprint density at radius 3 is 2.40 bits per heavy atom. The molecule has 0 fully saturated rings. The van der Waals surface area contributed by atoms with Crippen LogP contribution in [0.25, 0.3) is 11.0 Å². The monoisotopic (exact) mass is 429 g/mol. The normalized spacial score (nSPS) is 11.6. The van der Waals surface area contributed by atoms with E-state index in [1.165, 1.54) is 18.2 Å². The summed E-state index contributed by atoms with van der Waals surface area (Å²) in [5.41, 5.74) is 3.41. The van der Waals surface area contributed by atoms with Crippen molar-refractivity contribution in [1.29, 1.82) is 0 Å². The highest BCUT2D eigenvalue weighted by Gasteiger charge is 2.15. The number of benzene rings is 2. The van der Waals surface area contributed by atoms with Crippen LogP contribution in [0.15, 0.2) is 56.6 Å². The molecule has 7 nitrogen and oxygen atoms in total. The van der Waals surface area contributed by atoms with Crippen molar-refractivity contribution in [2.24, 2.45) is 0 Å². The molecular weight excluding hydrogens is 406 g/mol. The van der Waals surface area contributed by atoms with Crippen LogP contribution in [0.1, 0.15) is 28.7 Å². The second-order valence-corrected chi connectivity index (χ2v) is 8.91. The summed E-state index contributed by atoms with van der Waals surface area (Å²) in [4.78, 5) is 24.0. The van der Waals surface area contributed by atoms with E-state index in [1.54, 1.807) is 18.2 Å². The first kappa shape index (κ1) is 21.7. The molecule has 1 aromatic heterocycles. The molecule has 0 aliphatic heterocycles. The van der Waals surface area contributed by atoms with Crippen LogP contribution in [0.4, 0.5) is 0 Å². The number of fused-ring (bicyclic) bond motifs is 1. The van der Waals surface area contributed by atoms with Gasteiger partial charge in [-0.25, -0.2) is 17.9 Å². The minimum absolute atomic E-state index is 0.0922. The van der Waals surface area contributed by atoms with E-state index in [1.807, 2.05) is 26.8 Å². The van der Waals surface area contributed by atoms with Gasteiger partial charge in [0, 0.05) is 23.6 Å². The highest BCUT2D eigenvalue weighted by atomic mass is 32.2. The maximum absolute atomic E-state index is 12.2. The largest absolute Gasteiger partial charge is 0.461 e. The molecule has 0 aliphatic rings. The van der Waals surface area contributed by atoms with Crippen molar-refractivity contribution >= 4 is 27.0 Å². The molecule has 0 aliphatic carbocycles. The third kappa shape index (κ3) is 5.14. The first-order chi connectivity index (χ1) is 14.2. The maximum atomic E-state index is 12.2. The molecule has 3 aromatic rings. The highest BCUT2D eigenvalue weighted by Crippen LogP contribution is 2.22. The Bertz CT molecular complexity index is 1240. The zero-order valence-electron chi connectivity index (χ0n) is 17.0. The number of sulfonamides is 1. The molecule has 0 spiro atoms. The molecule has 0 saturated heterocycles. The molecule has 30 heavy (non-hydrogen) atoms. The summed E-state index contributed by atoms with van der Waals surface area (Å²) in [5, 5.41) is 0.700. The Morgan fingerprint density at radius 1 is 1.03 bits per heavy atom. The SMILES string of the molecule is Cc1ccc(S(=O)(=O)NCCC(=O)OCc2cc(=O)oc3cc(C)c(C)cc23)cc1. The van der Waals surface area contributed by atoms with Crippen LogP contribution in [-0.2, 0) is 26.2 Å². The van der Waals surface area contributed by atoms with Crippen molar-refractivity contribution in [3.05, 3.63) is 75.1 Å². The number of rotatable bonds is 7. The topological polar surface area (TPSA) is 103 Å². The zero-order chi connectivity index (χ0) is 21.9. The lowest BCUT2D eigenvalue weighted by Gasteiger charge is -2.10. The predicted molar refractivity (Wildman–Crippen MR) is 113 cm³/mol. The number of aryl methyl sites for hydroxylation is 3.